The van der Waals surface area contributed by atoms with Crippen molar-refractivity contribution in [3.63, 3.8) is 0 Å². The zero-order valence-electron chi connectivity index (χ0n) is 14.9. The van der Waals surface area contributed by atoms with Gasteiger partial charge in [-0.15, -0.1) is 11.3 Å². The number of carbonyl (C=O) groups excluding carboxylic acids is 1. The number of alkyl halides is 3. The van der Waals surface area contributed by atoms with Gasteiger partial charge < -0.3 is 10.6 Å². The number of anilines is 1. The maximum absolute atomic E-state index is 13.7. The van der Waals surface area contributed by atoms with Gasteiger partial charge in [0.25, 0.3) is 5.91 Å². The number of amides is 1. The van der Waals surface area contributed by atoms with Crippen molar-refractivity contribution in [1.29, 1.82) is 0 Å². The van der Waals surface area contributed by atoms with E-state index in [1.165, 1.54) is 11.3 Å². The highest BCUT2D eigenvalue weighted by Crippen LogP contribution is 2.46. The lowest BCUT2D eigenvalue weighted by Gasteiger charge is -2.32. The lowest BCUT2D eigenvalue weighted by Crippen LogP contribution is -2.35. The van der Waals surface area contributed by atoms with Crippen LogP contribution in [-0.4, -0.2) is 21.9 Å². The van der Waals surface area contributed by atoms with E-state index in [0.29, 0.717) is 0 Å². The number of halogens is 4. The molecule has 0 bridgehead atoms. The summed E-state index contributed by atoms with van der Waals surface area (Å²) in [6, 6.07) is 10.3. The first-order valence-corrected chi connectivity index (χ1v) is 10.1. The Morgan fingerprint density at radius 3 is 2.69 bits per heavy atom. The van der Waals surface area contributed by atoms with Gasteiger partial charge in [-0.25, -0.2) is 4.68 Å². The Labute approximate surface area is 173 Å². The molecule has 4 rings (SSSR count). The molecule has 10 heteroatoms. The summed E-state index contributed by atoms with van der Waals surface area (Å²) in [5, 5.41) is 11.3. The summed E-state index contributed by atoms with van der Waals surface area (Å²) in [4.78, 5) is 13.3. The molecule has 0 saturated heterocycles. The second-order valence-corrected chi connectivity index (χ2v) is 7.99. The van der Waals surface area contributed by atoms with Gasteiger partial charge in [0.05, 0.1) is 6.04 Å². The number of nitrogens with one attached hydrogen (secondary N) is 2. The number of benzene rings is 1. The molecule has 1 aliphatic heterocycles. The van der Waals surface area contributed by atoms with Crippen molar-refractivity contribution in [3.8, 4) is 0 Å². The van der Waals surface area contributed by atoms with E-state index < -0.39 is 24.2 Å². The van der Waals surface area contributed by atoms with Gasteiger partial charge in [0.1, 0.15) is 10.8 Å². The molecule has 2 N–H and O–H groups in total. The van der Waals surface area contributed by atoms with E-state index in [4.69, 9.17) is 11.6 Å². The molecule has 0 spiro atoms. The Kier molecular flexibility index (Phi) is 5.26. The van der Waals surface area contributed by atoms with E-state index in [-0.39, 0.29) is 29.5 Å². The molecule has 0 unspecified atom stereocenters. The molecule has 0 saturated carbocycles. The molecule has 29 heavy (non-hydrogen) atoms. The third-order valence-corrected chi connectivity index (χ3v) is 6.04. The topological polar surface area (TPSA) is 59.0 Å². The zero-order valence-corrected chi connectivity index (χ0v) is 16.5. The Morgan fingerprint density at radius 2 is 2.03 bits per heavy atom. The quantitative estimate of drug-likeness (QED) is 0.587. The minimum atomic E-state index is -4.53. The highest BCUT2D eigenvalue weighted by molar-refractivity contribution is 7.10. The van der Waals surface area contributed by atoms with Gasteiger partial charge in [-0.05, 0) is 17.0 Å². The van der Waals surface area contributed by atoms with Crippen LogP contribution in [0.1, 0.15) is 39.4 Å². The predicted octanol–water partition coefficient (Wildman–Crippen LogP) is 5.19. The molecule has 5 nitrogen and oxygen atoms in total. The van der Waals surface area contributed by atoms with Crippen molar-refractivity contribution in [3.05, 3.63) is 69.0 Å². The summed E-state index contributed by atoms with van der Waals surface area (Å²) in [6.45, 7) is 0.214. The van der Waals surface area contributed by atoms with Crippen molar-refractivity contribution in [2.24, 2.45) is 0 Å². The number of hydrogen-bond donors (Lipinski definition) is 2. The number of aromatic nitrogens is 2. The summed E-state index contributed by atoms with van der Waals surface area (Å²) < 4.78 is 41.9. The van der Waals surface area contributed by atoms with Gasteiger partial charge in [0, 0.05) is 17.8 Å². The SMILES string of the molecule is O=C(NCc1ccccc1)c1nn2c(c1Cl)N[C@H](c1cccs1)C[C@@H]2C(F)(F)F. The smallest absolute Gasteiger partial charge is 0.361 e. The van der Waals surface area contributed by atoms with Gasteiger partial charge in [0.15, 0.2) is 11.7 Å². The molecule has 1 aromatic carbocycles. The van der Waals surface area contributed by atoms with Crippen LogP contribution in [0.25, 0.3) is 0 Å². The maximum Gasteiger partial charge on any atom is 0.410 e. The molecule has 3 heterocycles. The van der Waals surface area contributed by atoms with Gasteiger partial charge in [-0.2, -0.15) is 18.3 Å². The van der Waals surface area contributed by atoms with E-state index >= 15 is 0 Å². The lowest BCUT2D eigenvalue weighted by molar-refractivity contribution is -0.173. The van der Waals surface area contributed by atoms with Crippen LogP contribution in [0.4, 0.5) is 19.0 Å². The van der Waals surface area contributed by atoms with Gasteiger partial charge >= 0.3 is 6.18 Å². The fraction of sp³-hybridized carbons (Fsp3) is 0.263. The molecule has 2 atom stereocenters. The molecule has 3 aromatic rings. The molecule has 152 valence electrons. The monoisotopic (exact) mass is 440 g/mol. The third-order valence-electron chi connectivity index (χ3n) is 4.69. The van der Waals surface area contributed by atoms with Crippen molar-refractivity contribution >= 4 is 34.7 Å². The van der Waals surface area contributed by atoms with Crippen molar-refractivity contribution in [1.82, 2.24) is 15.1 Å². The van der Waals surface area contributed by atoms with Crippen LogP contribution in [0.2, 0.25) is 5.02 Å². The summed E-state index contributed by atoms with van der Waals surface area (Å²) in [5.41, 5.74) is 0.621. The standard InChI is InChI=1S/C19H16ClF3N4OS/c20-15-16(18(28)24-10-11-5-2-1-3-6-11)26-27-14(19(21,22)23)9-12(25-17(15)27)13-7-4-8-29-13/h1-8,12,14,25H,9-10H2,(H,24,28)/t12-,14+/m0/s1. The number of thiophene rings is 1. The van der Waals surface area contributed by atoms with Crippen LogP contribution < -0.4 is 10.6 Å². The summed E-state index contributed by atoms with van der Waals surface area (Å²) in [5.74, 6) is -0.625. The van der Waals surface area contributed by atoms with Crippen molar-refractivity contribution in [2.45, 2.75) is 31.2 Å². The first-order chi connectivity index (χ1) is 13.8. The number of hydrogen-bond acceptors (Lipinski definition) is 4. The van der Waals surface area contributed by atoms with E-state index in [2.05, 4.69) is 15.7 Å². The van der Waals surface area contributed by atoms with Crippen LogP contribution in [0, 0.1) is 0 Å². The van der Waals surface area contributed by atoms with E-state index in [1.54, 1.807) is 17.5 Å². The second kappa shape index (κ2) is 7.72. The van der Waals surface area contributed by atoms with Gasteiger partial charge in [0.2, 0.25) is 0 Å². The summed E-state index contributed by atoms with van der Waals surface area (Å²) in [7, 11) is 0. The molecule has 0 radical (unpaired) electrons. The van der Waals surface area contributed by atoms with Crippen LogP contribution in [-0.2, 0) is 6.54 Å². The minimum Gasteiger partial charge on any atom is -0.361 e. The molecule has 2 aromatic heterocycles. The summed E-state index contributed by atoms with van der Waals surface area (Å²) in [6.07, 6.45) is -4.76. The number of carbonyl (C=O) groups is 1. The van der Waals surface area contributed by atoms with E-state index in [9.17, 15) is 18.0 Å². The van der Waals surface area contributed by atoms with Crippen molar-refractivity contribution in [2.75, 3.05) is 5.32 Å². The van der Waals surface area contributed by atoms with Crippen LogP contribution >= 0.6 is 22.9 Å². The maximum atomic E-state index is 13.7. The second-order valence-electron chi connectivity index (χ2n) is 6.63. The highest BCUT2D eigenvalue weighted by atomic mass is 35.5. The lowest BCUT2D eigenvalue weighted by atomic mass is 10.0. The molecular weight excluding hydrogens is 425 g/mol. The molecule has 0 aliphatic carbocycles. The fourth-order valence-corrected chi connectivity index (χ4v) is 4.33. The largest absolute Gasteiger partial charge is 0.410 e. The number of fused-ring (bicyclic) bond motifs is 1. The van der Waals surface area contributed by atoms with Gasteiger partial charge in [-0.1, -0.05) is 48.0 Å². The Morgan fingerprint density at radius 1 is 1.28 bits per heavy atom. The van der Waals surface area contributed by atoms with Crippen LogP contribution in [0.5, 0.6) is 0 Å². The highest BCUT2D eigenvalue weighted by Gasteiger charge is 2.48. The average molecular weight is 441 g/mol. The van der Waals surface area contributed by atoms with E-state index in [0.717, 1.165) is 15.1 Å². The molecule has 1 aliphatic rings. The first kappa shape index (κ1) is 19.8. The Hall–Kier alpha value is -2.52. The normalized spacial score (nSPS) is 18.8. The third kappa shape index (κ3) is 3.97. The average Bonchev–Trinajstić information content (AvgIpc) is 3.34. The number of rotatable bonds is 4. The Balaban J connectivity index is 1.63. The Bertz CT molecular complexity index is 1000. The molecular formula is C19H16ClF3N4OS. The van der Waals surface area contributed by atoms with Crippen LogP contribution in [0.15, 0.2) is 47.8 Å². The molecule has 1 amide bonds. The molecule has 0 fully saturated rings. The van der Waals surface area contributed by atoms with Gasteiger partial charge in [-0.3, -0.25) is 4.79 Å². The zero-order chi connectivity index (χ0) is 20.6. The fourth-order valence-electron chi connectivity index (χ4n) is 3.27. The number of nitrogens with zero attached hydrogens (tertiary/aromatic N) is 2. The van der Waals surface area contributed by atoms with E-state index in [1.807, 2.05) is 30.3 Å². The first-order valence-electron chi connectivity index (χ1n) is 8.81. The van der Waals surface area contributed by atoms with Crippen molar-refractivity contribution < 1.29 is 18.0 Å². The van der Waals surface area contributed by atoms with Crippen LogP contribution in [0.3, 0.4) is 0 Å². The predicted molar refractivity (Wildman–Crippen MR) is 105 cm³/mol. The minimum absolute atomic E-state index is 0.00324. The summed E-state index contributed by atoms with van der Waals surface area (Å²) >= 11 is 7.65.